The first-order valence-corrected chi connectivity index (χ1v) is 8.30. The summed E-state index contributed by atoms with van der Waals surface area (Å²) in [6.45, 7) is 2.30. The highest BCUT2D eigenvalue weighted by Gasteiger charge is 2.47. The molecule has 0 radical (unpaired) electrons. The Balaban J connectivity index is 0. The molecule has 0 amide bonds. The molecule has 0 aromatic rings. The monoisotopic (exact) mass is 328 g/mol. The van der Waals surface area contributed by atoms with Crippen LogP contribution < -0.4 is 4.89 Å². The van der Waals surface area contributed by atoms with Gasteiger partial charge in [0.15, 0.2) is 6.10 Å². The molecule has 0 aliphatic rings. The van der Waals surface area contributed by atoms with Gasteiger partial charge in [-0.25, -0.2) is 0 Å². The lowest BCUT2D eigenvalue weighted by molar-refractivity contribution is -0.870. The fraction of sp³-hybridized carbons (Fsp3) is 1.00. The number of quaternary nitrogens is 1. The van der Waals surface area contributed by atoms with E-state index < -0.39 is 26.1 Å². The van der Waals surface area contributed by atoms with Crippen LogP contribution in [0.25, 0.3) is 0 Å². The van der Waals surface area contributed by atoms with E-state index in [4.69, 9.17) is 15.3 Å². The fourth-order valence-corrected chi connectivity index (χ4v) is 2.13. The van der Waals surface area contributed by atoms with E-state index in [-0.39, 0.29) is 13.0 Å². The number of rotatable bonds is 9. The Kier molecular flexibility index (Phi) is 12.6. The van der Waals surface area contributed by atoms with Gasteiger partial charge in [0.05, 0.1) is 34.4 Å². The molecule has 0 saturated carbocycles. The molecule has 128 valence electrons. The van der Waals surface area contributed by atoms with Crippen LogP contribution in [0.5, 0.6) is 0 Å². The highest BCUT2D eigenvalue weighted by Crippen LogP contribution is 2.37. The molecule has 4 N–H and O–H groups in total. The van der Waals surface area contributed by atoms with E-state index in [2.05, 4.69) is 21.1 Å². The summed E-state index contributed by atoms with van der Waals surface area (Å²) in [5, 5.41) is 33.5. The van der Waals surface area contributed by atoms with Crippen LogP contribution in [0.4, 0.5) is 0 Å². The van der Waals surface area contributed by atoms with Crippen LogP contribution >= 0.6 is 8.03 Å². The van der Waals surface area contributed by atoms with E-state index in [9.17, 15) is 14.6 Å². The van der Waals surface area contributed by atoms with Crippen molar-refractivity contribution in [2.45, 2.75) is 44.1 Å². The maximum absolute atomic E-state index is 10.7. The first-order chi connectivity index (χ1) is 9.55. The Morgan fingerprint density at radius 3 is 2.00 bits per heavy atom. The number of aliphatic hydroxyl groups excluding tert-OH is 3. The van der Waals surface area contributed by atoms with Crippen molar-refractivity contribution in [3.8, 4) is 0 Å². The minimum absolute atomic E-state index is 0.0404. The Bertz CT molecular complexity index is 284. The molecule has 0 aromatic carbocycles. The number of nitrogens with zero attached hydrogens (tertiary/aromatic N) is 1. The molecule has 8 heteroatoms. The standard InChI is InChI=1S/C8H17O5P.C5H14NO/c1-2-3-4-5-8(11,14(12)13)7(10)6-9;1-6(2,3)4-5-7/h7,9-11H,2-6H2,1H3;7H,4-5H2,1-3H3/q;+1. The van der Waals surface area contributed by atoms with Gasteiger partial charge in [-0.1, -0.05) is 24.3 Å². The third kappa shape index (κ3) is 11.1. The molecule has 0 rings (SSSR count). The Hall–Kier alpha value is -0.140. The predicted molar refractivity (Wildman–Crippen MR) is 79.8 cm³/mol. The number of likely N-dealkylation sites (N-methyl/N-ethyl adjacent to an activating group) is 1. The summed E-state index contributed by atoms with van der Waals surface area (Å²) in [5.41, 5.74) is 0. The summed E-state index contributed by atoms with van der Waals surface area (Å²) in [7, 11) is 2.99. The number of aliphatic hydroxyl groups is 4. The average Bonchev–Trinajstić information content (AvgIpc) is 2.36. The smallest absolute Gasteiger partial charge is 0.347 e. The summed E-state index contributed by atoms with van der Waals surface area (Å²) in [4.78, 5) is 10.7. The third-order valence-electron chi connectivity index (χ3n) is 2.94. The fourth-order valence-electron chi connectivity index (χ4n) is 1.46. The van der Waals surface area contributed by atoms with E-state index in [0.717, 1.165) is 23.9 Å². The van der Waals surface area contributed by atoms with Gasteiger partial charge >= 0.3 is 8.03 Å². The zero-order chi connectivity index (χ0) is 17.1. The topological polar surface area (TPSA) is 121 Å². The molecule has 3 atom stereocenters. The van der Waals surface area contributed by atoms with Gasteiger partial charge in [0.2, 0.25) is 0 Å². The Morgan fingerprint density at radius 2 is 1.76 bits per heavy atom. The van der Waals surface area contributed by atoms with E-state index >= 15 is 0 Å². The van der Waals surface area contributed by atoms with E-state index in [1.807, 2.05) is 6.92 Å². The maximum Gasteiger partial charge on any atom is 0.347 e. The molecule has 0 aliphatic heterocycles. The number of unbranched alkanes of at least 4 members (excludes halogenated alkanes) is 2. The second kappa shape index (κ2) is 11.4. The molecule has 0 bridgehead atoms. The van der Waals surface area contributed by atoms with Crippen molar-refractivity contribution in [2.24, 2.45) is 0 Å². The van der Waals surface area contributed by atoms with Crippen molar-refractivity contribution < 1.29 is 34.4 Å². The zero-order valence-corrected chi connectivity index (χ0v) is 14.4. The number of hydrogen-bond acceptors (Lipinski definition) is 6. The molecule has 7 nitrogen and oxygen atoms in total. The van der Waals surface area contributed by atoms with Gasteiger partial charge in [0.25, 0.3) is 5.34 Å². The summed E-state index contributed by atoms with van der Waals surface area (Å²) in [5.74, 6) is 0. The zero-order valence-electron chi connectivity index (χ0n) is 13.5. The molecule has 21 heavy (non-hydrogen) atoms. The molecule has 0 fully saturated rings. The van der Waals surface area contributed by atoms with Crippen LogP contribution in [0, 0.1) is 0 Å². The molecule has 0 aromatic heterocycles. The molecular formula is C13H31NO6P+. The van der Waals surface area contributed by atoms with Crippen LogP contribution in [0.1, 0.15) is 32.6 Å². The molecule has 0 saturated heterocycles. The molecular weight excluding hydrogens is 297 g/mol. The average molecular weight is 328 g/mol. The Labute approximate surface area is 128 Å². The van der Waals surface area contributed by atoms with Gasteiger partial charge in [0.1, 0.15) is 6.54 Å². The lowest BCUT2D eigenvalue weighted by Crippen LogP contribution is -2.43. The minimum atomic E-state index is -3.16. The number of hydrogen-bond donors (Lipinski definition) is 4. The molecule has 0 aliphatic carbocycles. The van der Waals surface area contributed by atoms with Crippen LogP contribution in [0.3, 0.4) is 0 Å². The highest BCUT2D eigenvalue weighted by atomic mass is 31.1. The quantitative estimate of drug-likeness (QED) is 0.255. The van der Waals surface area contributed by atoms with Crippen molar-refractivity contribution in [3.05, 3.63) is 0 Å². The predicted octanol–water partition coefficient (Wildman–Crippen LogP) is -0.604. The molecule has 0 heterocycles. The SMILES string of the molecule is CCCCCC(O)(C(O)CO)[P+](=O)[O-].C[N+](C)(C)CCO. The maximum atomic E-state index is 10.7. The normalized spacial score (nSPS) is 16.5. The first-order valence-electron chi connectivity index (χ1n) is 7.12. The third-order valence-corrected chi connectivity index (χ3v) is 4.10. The first kappa shape index (κ1) is 23.1. The van der Waals surface area contributed by atoms with Gasteiger partial charge in [0, 0.05) is 6.42 Å². The minimum Gasteiger partial charge on any atom is -0.593 e. The largest absolute Gasteiger partial charge is 0.593 e. The summed E-state index contributed by atoms with van der Waals surface area (Å²) < 4.78 is 11.6. The lowest BCUT2D eigenvalue weighted by Gasteiger charge is -2.23. The second-order valence-electron chi connectivity index (χ2n) is 6.03. The van der Waals surface area contributed by atoms with Crippen LogP contribution in [0.2, 0.25) is 0 Å². The lowest BCUT2D eigenvalue weighted by atomic mass is 10.1. The van der Waals surface area contributed by atoms with Crippen molar-refractivity contribution in [1.29, 1.82) is 0 Å². The van der Waals surface area contributed by atoms with Crippen molar-refractivity contribution in [1.82, 2.24) is 0 Å². The van der Waals surface area contributed by atoms with Gasteiger partial charge in [-0.15, -0.1) is 0 Å². The van der Waals surface area contributed by atoms with Crippen molar-refractivity contribution in [3.63, 3.8) is 0 Å². The van der Waals surface area contributed by atoms with Crippen molar-refractivity contribution >= 4 is 8.03 Å². The highest BCUT2D eigenvalue weighted by molar-refractivity contribution is 7.38. The van der Waals surface area contributed by atoms with Crippen LogP contribution in [0.15, 0.2) is 0 Å². The summed E-state index contributed by atoms with van der Waals surface area (Å²) >= 11 is 0. The van der Waals surface area contributed by atoms with Crippen molar-refractivity contribution in [2.75, 3.05) is 40.9 Å². The van der Waals surface area contributed by atoms with E-state index in [1.54, 1.807) is 0 Å². The van der Waals surface area contributed by atoms with E-state index in [0.29, 0.717) is 6.42 Å². The van der Waals surface area contributed by atoms with Crippen LogP contribution in [-0.4, -0.2) is 77.3 Å². The van der Waals surface area contributed by atoms with Gasteiger partial charge < -0.3 is 29.8 Å². The van der Waals surface area contributed by atoms with Gasteiger partial charge in [-0.2, -0.15) is 0 Å². The second-order valence-corrected chi connectivity index (χ2v) is 7.32. The molecule has 0 spiro atoms. The van der Waals surface area contributed by atoms with Gasteiger partial charge in [-0.05, 0) is 6.42 Å². The van der Waals surface area contributed by atoms with Gasteiger partial charge in [-0.3, -0.25) is 0 Å². The summed E-state index contributed by atoms with van der Waals surface area (Å²) in [6, 6.07) is 0. The Morgan fingerprint density at radius 1 is 1.24 bits per heavy atom. The van der Waals surface area contributed by atoms with Crippen LogP contribution in [-0.2, 0) is 4.57 Å². The van der Waals surface area contributed by atoms with E-state index in [1.165, 1.54) is 0 Å². The summed E-state index contributed by atoms with van der Waals surface area (Å²) in [6.07, 6.45) is 0.514. The molecule has 3 unspecified atom stereocenters.